The lowest BCUT2D eigenvalue weighted by Gasteiger charge is -2.39. The summed E-state index contributed by atoms with van der Waals surface area (Å²) in [4.78, 5) is -1.28. The molecule has 1 atom stereocenters. The molecule has 0 fully saturated rings. The van der Waals surface area contributed by atoms with Crippen molar-refractivity contribution in [1.82, 2.24) is 0 Å². The van der Waals surface area contributed by atoms with Gasteiger partial charge in [0.05, 0.1) is 0 Å². The lowest BCUT2D eigenvalue weighted by molar-refractivity contribution is -0.0543. The quantitative estimate of drug-likeness (QED) is 0.349. The zero-order valence-corrected chi connectivity index (χ0v) is 18.1. The highest BCUT2D eigenvalue weighted by Crippen LogP contribution is 2.80. The van der Waals surface area contributed by atoms with Crippen molar-refractivity contribution >= 4 is 31.4 Å². The molecule has 2 aromatic carbocycles. The summed E-state index contributed by atoms with van der Waals surface area (Å²) in [6, 6.07) is 10.8. The molecule has 0 N–H and O–H groups in total. The van der Waals surface area contributed by atoms with E-state index >= 15 is 0 Å². The van der Waals surface area contributed by atoms with Gasteiger partial charge in [-0.1, -0.05) is 63.2 Å². The van der Waals surface area contributed by atoms with Crippen molar-refractivity contribution in [2.45, 2.75) is 42.1 Å². The first-order chi connectivity index (χ1) is 14.0. The Bertz CT molecular complexity index is 1130. The largest absolute Gasteiger partial charge is 0.523 e. The van der Waals surface area contributed by atoms with Crippen molar-refractivity contribution in [1.29, 1.82) is 0 Å². The van der Waals surface area contributed by atoms with Crippen molar-refractivity contribution in [2.75, 3.05) is 0 Å². The van der Waals surface area contributed by atoms with E-state index in [4.69, 9.17) is 0 Å². The third-order valence-electron chi connectivity index (χ3n) is 4.64. The van der Waals surface area contributed by atoms with Crippen LogP contribution in [0.25, 0.3) is 11.0 Å². The Balaban J connectivity index is 2.40. The van der Waals surface area contributed by atoms with Gasteiger partial charge in [-0.05, 0) is 34.2 Å². The molecule has 31 heavy (non-hydrogen) atoms. The van der Waals surface area contributed by atoms with Crippen LogP contribution in [0.3, 0.4) is 0 Å². The topological polar surface area (TPSA) is 43.4 Å². The van der Waals surface area contributed by atoms with Crippen LogP contribution >= 0.6 is 10.3 Å². The Hall–Kier alpha value is -1.98. The van der Waals surface area contributed by atoms with Crippen molar-refractivity contribution < 1.29 is 38.4 Å². The fraction of sp³-hybridized carbons (Fsp3) is 0.300. The molecule has 1 unspecified atom stereocenters. The van der Waals surface area contributed by atoms with Crippen LogP contribution in [0.1, 0.15) is 37.5 Å². The molecule has 0 amide bonds. The Morgan fingerprint density at radius 1 is 0.871 bits per heavy atom. The highest BCUT2D eigenvalue weighted by molar-refractivity contribution is 8.41. The molecule has 3 rings (SSSR count). The van der Waals surface area contributed by atoms with Crippen LogP contribution < -0.4 is 0 Å². The SMILES string of the molecule is CC(C)(C)c1ccc2c(c1)S(OS(=O)(=O)C(F)(F)F)(C(F)(F)F)C(c1ccccc1)=C2. The minimum absolute atomic E-state index is 0.0449. The van der Waals surface area contributed by atoms with Crippen LogP contribution in [-0.4, -0.2) is 19.4 Å². The highest BCUT2D eigenvalue weighted by Gasteiger charge is 2.64. The highest BCUT2D eigenvalue weighted by atomic mass is 32.3. The van der Waals surface area contributed by atoms with Gasteiger partial charge in [-0.2, -0.15) is 38.4 Å². The number of halogens is 6. The van der Waals surface area contributed by atoms with E-state index in [0.717, 1.165) is 12.1 Å². The van der Waals surface area contributed by atoms with E-state index in [2.05, 4.69) is 3.63 Å². The smallest absolute Gasteiger partial charge is 0.196 e. The zero-order valence-electron chi connectivity index (χ0n) is 16.5. The van der Waals surface area contributed by atoms with Gasteiger partial charge in [-0.3, -0.25) is 0 Å². The van der Waals surface area contributed by atoms with Gasteiger partial charge in [0, 0.05) is 20.1 Å². The Labute approximate surface area is 177 Å². The first-order valence-corrected chi connectivity index (χ1v) is 11.8. The van der Waals surface area contributed by atoms with Gasteiger partial charge >= 0.3 is 21.1 Å². The lowest BCUT2D eigenvalue weighted by Crippen LogP contribution is -2.32. The summed E-state index contributed by atoms with van der Waals surface area (Å²) >= 11 is 0. The van der Waals surface area contributed by atoms with Crippen LogP contribution in [0, 0.1) is 0 Å². The third kappa shape index (κ3) is 3.98. The second-order valence-corrected chi connectivity index (χ2v) is 12.2. The molecule has 0 aromatic heterocycles. The zero-order chi connectivity index (χ0) is 23.5. The summed E-state index contributed by atoms with van der Waals surface area (Å²) in [5.41, 5.74) is -11.9. The predicted molar refractivity (Wildman–Crippen MR) is 107 cm³/mol. The molecule has 2 aromatic rings. The second kappa shape index (κ2) is 7.28. The Morgan fingerprint density at radius 2 is 1.45 bits per heavy atom. The van der Waals surface area contributed by atoms with Gasteiger partial charge in [0.2, 0.25) is 0 Å². The minimum Gasteiger partial charge on any atom is -0.196 e. The van der Waals surface area contributed by atoms with Crippen molar-refractivity contribution in [2.24, 2.45) is 0 Å². The molecule has 1 heterocycles. The number of rotatable bonds is 3. The van der Waals surface area contributed by atoms with Crippen LogP contribution in [0.2, 0.25) is 0 Å². The van der Waals surface area contributed by atoms with Gasteiger partial charge in [0.25, 0.3) is 0 Å². The number of fused-ring (bicyclic) bond motifs is 1. The second-order valence-electron chi connectivity index (χ2n) is 7.85. The van der Waals surface area contributed by atoms with E-state index in [-0.39, 0.29) is 11.1 Å². The minimum atomic E-state index is -6.58. The predicted octanol–water partition coefficient (Wildman–Crippen LogP) is 6.96. The molecule has 0 saturated carbocycles. The maximum absolute atomic E-state index is 14.6. The monoisotopic (exact) mass is 484 g/mol. The molecule has 0 radical (unpaired) electrons. The summed E-state index contributed by atoms with van der Waals surface area (Å²) in [6.45, 7) is 5.15. The number of alkyl halides is 6. The average molecular weight is 484 g/mol. The van der Waals surface area contributed by atoms with Crippen molar-refractivity contribution in [3.8, 4) is 0 Å². The van der Waals surface area contributed by atoms with E-state index in [1.54, 1.807) is 26.8 Å². The van der Waals surface area contributed by atoms with E-state index in [9.17, 15) is 34.8 Å². The molecule has 170 valence electrons. The summed E-state index contributed by atoms with van der Waals surface area (Å²) in [5.74, 6) is 0. The first-order valence-electron chi connectivity index (χ1n) is 8.84. The van der Waals surface area contributed by atoms with Gasteiger partial charge in [-0.25, -0.2) is 0 Å². The van der Waals surface area contributed by atoms with Crippen molar-refractivity contribution in [3.63, 3.8) is 0 Å². The van der Waals surface area contributed by atoms with Gasteiger partial charge in [0.15, 0.2) is 0 Å². The number of hydrogen-bond donors (Lipinski definition) is 0. The molecular weight excluding hydrogens is 466 g/mol. The molecule has 0 saturated heterocycles. The van der Waals surface area contributed by atoms with E-state index in [1.807, 2.05) is 0 Å². The van der Waals surface area contributed by atoms with Gasteiger partial charge in [-0.15, -0.1) is 0 Å². The van der Waals surface area contributed by atoms with Gasteiger partial charge in [0.1, 0.15) is 0 Å². The van der Waals surface area contributed by atoms with Gasteiger partial charge < -0.3 is 0 Å². The molecule has 11 heteroatoms. The maximum Gasteiger partial charge on any atom is 0.523 e. The average Bonchev–Trinajstić information content (AvgIpc) is 2.95. The molecule has 3 nitrogen and oxygen atoms in total. The molecule has 1 aliphatic rings. The summed E-state index contributed by atoms with van der Waals surface area (Å²) < 4.78 is 111. The van der Waals surface area contributed by atoms with E-state index in [1.165, 1.54) is 36.4 Å². The van der Waals surface area contributed by atoms with E-state index in [0.29, 0.717) is 5.56 Å². The van der Waals surface area contributed by atoms with Crippen LogP contribution in [0.15, 0.2) is 53.4 Å². The summed E-state index contributed by atoms with van der Waals surface area (Å²) in [6.07, 6.45) is 1.05. The molecular formula is C20H18F6O3S2. The van der Waals surface area contributed by atoms with Crippen LogP contribution in [0.4, 0.5) is 26.3 Å². The molecule has 1 aliphatic heterocycles. The van der Waals surface area contributed by atoms with Crippen molar-refractivity contribution in [3.05, 3.63) is 65.2 Å². The standard InChI is InChI=1S/C20H18F6O3S2/c1-18(2,3)15-10-9-14-11-16(13-7-5-4-6-8-13)30(17(14)12-15,19(21,22)23)29-31(27,28)20(24,25)26/h4-12H,1-3H3. The number of hydrogen-bond acceptors (Lipinski definition) is 3. The maximum atomic E-state index is 14.6. The fourth-order valence-corrected chi connectivity index (χ4v) is 7.62. The summed E-state index contributed by atoms with van der Waals surface area (Å²) in [5, 5.41) is 0. The summed E-state index contributed by atoms with van der Waals surface area (Å²) in [7, 11) is -11.7. The van der Waals surface area contributed by atoms with Crippen LogP contribution in [-0.2, 0) is 19.2 Å². The molecule has 0 aliphatic carbocycles. The third-order valence-corrected chi connectivity index (χ3v) is 9.34. The Morgan fingerprint density at radius 3 is 1.94 bits per heavy atom. The molecule has 0 spiro atoms. The molecule has 0 bridgehead atoms. The Kier molecular flexibility index (Phi) is 5.56. The first kappa shape index (κ1) is 23.7. The van der Waals surface area contributed by atoms with Crippen LogP contribution in [0.5, 0.6) is 0 Å². The number of benzene rings is 2. The normalized spacial score (nSPS) is 21.9. The lowest BCUT2D eigenvalue weighted by atomic mass is 9.86. The fourth-order valence-electron chi connectivity index (χ4n) is 3.10. The van der Waals surface area contributed by atoms with E-state index < -0.39 is 46.7 Å².